The molecule has 0 bridgehead atoms. The lowest BCUT2D eigenvalue weighted by molar-refractivity contribution is 0.629. The van der Waals surface area contributed by atoms with Crippen molar-refractivity contribution >= 4 is 31.9 Å². The maximum absolute atomic E-state index is 5.61. The second-order valence-corrected chi connectivity index (χ2v) is 5.21. The van der Waals surface area contributed by atoms with Crippen molar-refractivity contribution in [3.8, 4) is 0 Å². The van der Waals surface area contributed by atoms with E-state index in [0.717, 1.165) is 20.1 Å². The molecule has 1 unspecified atom stereocenters. The van der Waals surface area contributed by atoms with Gasteiger partial charge in [-0.25, -0.2) is 15.4 Å². The van der Waals surface area contributed by atoms with Gasteiger partial charge in [0, 0.05) is 26.9 Å². The minimum Gasteiger partial charge on any atom is -0.271 e. The monoisotopic (exact) mass is 356 g/mol. The molecule has 1 heterocycles. The lowest BCUT2D eigenvalue weighted by Gasteiger charge is -2.17. The van der Waals surface area contributed by atoms with Crippen LogP contribution in [0, 0.1) is 0 Å². The molecule has 2 aromatic rings. The van der Waals surface area contributed by atoms with Gasteiger partial charge in [0.2, 0.25) is 0 Å². The summed E-state index contributed by atoms with van der Waals surface area (Å²) in [5.74, 6) is 5.61. The van der Waals surface area contributed by atoms with E-state index < -0.39 is 0 Å². The summed E-state index contributed by atoms with van der Waals surface area (Å²) in [7, 11) is 0. The van der Waals surface area contributed by atoms with Crippen LogP contribution in [0.2, 0.25) is 0 Å². The summed E-state index contributed by atoms with van der Waals surface area (Å²) in [6, 6.07) is 5.78. The average molecular weight is 358 g/mol. The second kappa shape index (κ2) is 5.68. The number of hydrazine groups is 1. The fourth-order valence-electron chi connectivity index (χ4n) is 1.56. The smallest absolute Gasteiger partial charge is 0.115 e. The summed E-state index contributed by atoms with van der Waals surface area (Å²) >= 11 is 6.96. The van der Waals surface area contributed by atoms with Gasteiger partial charge in [0.1, 0.15) is 6.33 Å². The zero-order chi connectivity index (χ0) is 12.3. The fourth-order valence-corrected chi connectivity index (χ4v) is 2.42. The van der Waals surface area contributed by atoms with Crippen molar-refractivity contribution in [2.24, 2.45) is 5.84 Å². The lowest BCUT2D eigenvalue weighted by Crippen LogP contribution is -2.29. The Morgan fingerprint density at radius 2 is 1.88 bits per heavy atom. The van der Waals surface area contributed by atoms with Gasteiger partial charge in [-0.05, 0) is 23.8 Å². The third kappa shape index (κ3) is 2.90. The highest BCUT2D eigenvalue weighted by Crippen LogP contribution is 2.29. The zero-order valence-corrected chi connectivity index (χ0v) is 11.9. The van der Waals surface area contributed by atoms with Crippen molar-refractivity contribution in [2.75, 3.05) is 0 Å². The first-order valence-electron chi connectivity index (χ1n) is 4.88. The van der Waals surface area contributed by atoms with Crippen molar-refractivity contribution < 1.29 is 0 Å². The number of hydrogen-bond donors (Lipinski definition) is 2. The zero-order valence-electron chi connectivity index (χ0n) is 8.77. The van der Waals surface area contributed by atoms with Crippen LogP contribution < -0.4 is 11.3 Å². The Bertz CT molecular complexity index is 504. The normalized spacial score (nSPS) is 12.4. The van der Waals surface area contributed by atoms with E-state index in [1.165, 1.54) is 6.33 Å². The van der Waals surface area contributed by atoms with Crippen molar-refractivity contribution in [3.05, 3.63) is 57.0 Å². The molecule has 4 nitrogen and oxygen atoms in total. The average Bonchev–Trinajstić information content (AvgIpc) is 2.36. The summed E-state index contributed by atoms with van der Waals surface area (Å²) in [4.78, 5) is 7.99. The Kier molecular flexibility index (Phi) is 4.22. The van der Waals surface area contributed by atoms with E-state index in [1.54, 1.807) is 12.4 Å². The number of aromatic nitrogens is 2. The third-order valence-electron chi connectivity index (χ3n) is 2.35. The van der Waals surface area contributed by atoms with Crippen LogP contribution in [-0.4, -0.2) is 9.97 Å². The molecule has 88 valence electrons. The molecule has 0 radical (unpaired) electrons. The highest BCUT2D eigenvalue weighted by Gasteiger charge is 2.16. The lowest BCUT2D eigenvalue weighted by atomic mass is 10.0. The second-order valence-electron chi connectivity index (χ2n) is 3.44. The first kappa shape index (κ1) is 12.6. The standard InChI is InChI=1S/C11H10Br2N4/c12-8-1-2-10(13)9(3-8)11(17-14)7-4-15-6-16-5-7/h1-6,11,17H,14H2. The molecule has 0 aliphatic carbocycles. The molecule has 1 aromatic heterocycles. The van der Waals surface area contributed by atoms with E-state index in [4.69, 9.17) is 5.84 Å². The largest absolute Gasteiger partial charge is 0.271 e. The van der Waals surface area contributed by atoms with Gasteiger partial charge in [-0.1, -0.05) is 31.9 Å². The van der Waals surface area contributed by atoms with Gasteiger partial charge in [0.25, 0.3) is 0 Å². The summed E-state index contributed by atoms with van der Waals surface area (Å²) < 4.78 is 1.97. The van der Waals surface area contributed by atoms with E-state index in [0.29, 0.717) is 0 Å². The number of rotatable bonds is 3. The van der Waals surface area contributed by atoms with Crippen molar-refractivity contribution in [3.63, 3.8) is 0 Å². The topological polar surface area (TPSA) is 63.8 Å². The number of nitrogens with two attached hydrogens (primary N) is 1. The first-order valence-corrected chi connectivity index (χ1v) is 6.47. The SMILES string of the molecule is NNC(c1cncnc1)c1cc(Br)ccc1Br. The highest BCUT2D eigenvalue weighted by molar-refractivity contribution is 9.11. The molecule has 2 rings (SSSR count). The summed E-state index contributed by atoms with van der Waals surface area (Å²) in [5, 5.41) is 0. The van der Waals surface area contributed by atoms with Crippen LogP contribution in [0.1, 0.15) is 17.2 Å². The number of hydrogen-bond acceptors (Lipinski definition) is 4. The molecule has 0 spiro atoms. The molecule has 0 amide bonds. The van der Waals surface area contributed by atoms with Gasteiger partial charge in [0.15, 0.2) is 0 Å². The Morgan fingerprint density at radius 3 is 2.53 bits per heavy atom. The van der Waals surface area contributed by atoms with Crippen molar-refractivity contribution in [1.29, 1.82) is 0 Å². The fraction of sp³-hybridized carbons (Fsp3) is 0.0909. The molecule has 6 heteroatoms. The minimum absolute atomic E-state index is 0.150. The van der Waals surface area contributed by atoms with E-state index in [9.17, 15) is 0 Å². The van der Waals surface area contributed by atoms with E-state index in [1.807, 2.05) is 18.2 Å². The molecule has 0 saturated heterocycles. The number of benzene rings is 1. The number of halogens is 2. The van der Waals surface area contributed by atoms with Crippen molar-refractivity contribution in [1.82, 2.24) is 15.4 Å². The van der Waals surface area contributed by atoms with Crippen LogP contribution in [0.15, 0.2) is 45.9 Å². The molecule has 1 aromatic carbocycles. The van der Waals surface area contributed by atoms with E-state index in [-0.39, 0.29) is 6.04 Å². The highest BCUT2D eigenvalue weighted by atomic mass is 79.9. The quantitative estimate of drug-likeness (QED) is 0.654. The van der Waals surface area contributed by atoms with Crippen LogP contribution in [0.4, 0.5) is 0 Å². The molecule has 0 saturated carbocycles. The van der Waals surface area contributed by atoms with Gasteiger partial charge in [0.05, 0.1) is 6.04 Å². The Morgan fingerprint density at radius 1 is 1.18 bits per heavy atom. The molecule has 0 fully saturated rings. The third-order valence-corrected chi connectivity index (χ3v) is 3.57. The van der Waals surface area contributed by atoms with Gasteiger partial charge in [-0.3, -0.25) is 5.84 Å². The van der Waals surface area contributed by atoms with Gasteiger partial charge >= 0.3 is 0 Å². The molecule has 17 heavy (non-hydrogen) atoms. The van der Waals surface area contributed by atoms with Crippen LogP contribution in [-0.2, 0) is 0 Å². The summed E-state index contributed by atoms with van der Waals surface area (Å²) in [6.07, 6.45) is 4.97. The van der Waals surface area contributed by atoms with Crippen LogP contribution in [0.25, 0.3) is 0 Å². The Balaban J connectivity index is 2.46. The maximum Gasteiger partial charge on any atom is 0.115 e. The molecular formula is C11H10Br2N4. The van der Waals surface area contributed by atoms with Crippen LogP contribution in [0.3, 0.4) is 0 Å². The van der Waals surface area contributed by atoms with Crippen molar-refractivity contribution in [2.45, 2.75) is 6.04 Å². The van der Waals surface area contributed by atoms with Gasteiger partial charge in [-0.15, -0.1) is 0 Å². The molecule has 1 atom stereocenters. The van der Waals surface area contributed by atoms with Gasteiger partial charge < -0.3 is 0 Å². The minimum atomic E-state index is -0.150. The molecule has 0 aliphatic rings. The van der Waals surface area contributed by atoms with Gasteiger partial charge in [-0.2, -0.15) is 0 Å². The van der Waals surface area contributed by atoms with Crippen LogP contribution in [0.5, 0.6) is 0 Å². The molecule has 0 aliphatic heterocycles. The Hall–Kier alpha value is -0.820. The van der Waals surface area contributed by atoms with E-state index >= 15 is 0 Å². The molecule has 3 N–H and O–H groups in total. The Labute approximate surface area is 116 Å². The predicted octanol–water partition coefficient (Wildman–Crippen LogP) is 2.55. The summed E-state index contributed by atoms with van der Waals surface area (Å²) in [5.41, 5.74) is 4.71. The predicted molar refractivity (Wildman–Crippen MR) is 73.0 cm³/mol. The first-order chi connectivity index (χ1) is 8.22. The number of nitrogens with zero attached hydrogens (tertiary/aromatic N) is 2. The number of nitrogens with one attached hydrogen (secondary N) is 1. The molecular weight excluding hydrogens is 348 g/mol. The summed E-state index contributed by atoms with van der Waals surface area (Å²) in [6.45, 7) is 0. The van der Waals surface area contributed by atoms with Crippen LogP contribution >= 0.6 is 31.9 Å². The van der Waals surface area contributed by atoms with E-state index in [2.05, 4.69) is 47.3 Å². The maximum atomic E-state index is 5.61.